The summed E-state index contributed by atoms with van der Waals surface area (Å²) in [5.41, 5.74) is 0. The Kier molecular flexibility index (Phi) is 25.1. The van der Waals surface area contributed by atoms with E-state index in [0.717, 1.165) is 32.1 Å². The van der Waals surface area contributed by atoms with Gasteiger partial charge in [0.2, 0.25) is 5.91 Å². The molecule has 0 saturated heterocycles. The summed E-state index contributed by atoms with van der Waals surface area (Å²) < 4.78 is 0. The van der Waals surface area contributed by atoms with Crippen LogP contribution in [0.15, 0.2) is 36.5 Å². The molecule has 0 aliphatic rings. The molecule has 0 heterocycles. The minimum Gasteiger partial charge on any atom is -0.394 e. The number of carbonyl (C=O) groups is 1. The maximum Gasteiger partial charge on any atom is 0.220 e. The van der Waals surface area contributed by atoms with Gasteiger partial charge in [0.15, 0.2) is 0 Å². The summed E-state index contributed by atoms with van der Waals surface area (Å²) in [5.74, 6) is -0.0971. The van der Waals surface area contributed by atoms with Crippen molar-refractivity contribution < 1.29 is 15.0 Å². The van der Waals surface area contributed by atoms with Crippen LogP contribution in [0, 0.1) is 0 Å². The van der Waals surface area contributed by atoms with Crippen molar-refractivity contribution in [2.45, 2.75) is 142 Å². The van der Waals surface area contributed by atoms with Crippen molar-refractivity contribution in [3.63, 3.8) is 0 Å². The molecule has 0 aromatic rings. The zero-order valence-corrected chi connectivity index (χ0v) is 22.4. The largest absolute Gasteiger partial charge is 0.394 e. The molecule has 3 N–H and O–H groups in total. The first-order chi connectivity index (χ1) is 16.7. The monoisotopic (exact) mass is 477 g/mol. The standard InChI is InChI=1S/C30H55NO3/c1-3-5-7-9-11-13-14-15-16-18-20-22-24-26-30(34)31-28(27-32)29(33)25-23-21-19-17-12-10-8-6-4-2/h13-14,19,21,23,25,28-29,32-33H,3-12,15-18,20,22,24,26-27H2,1-2H3,(H,31,34)/b14-13+,21-19+,25-23+/t28-,29+/m0/s1. The number of allylic oxidation sites excluding steroid dienone is 5. The van der Waals surface area contributed by atoms with Crippen LogP contribution in [-0.4, -0.2) is 34.9 Å². The highest BCUT2D eigenvalue weighted by Crippen LogP contribution is 2.09. The Morgan fingerprint density at radius 1 is 0.706 bits per heavy atom. The smallest absolute Gasteiger partial charge is 0.220 e. The van der Waals surface area contributed by atoms with Crippen LogP contribution in [0.1, 0.15) is 129 Å². The third-order valence-corrected chi connectivity index (χ3v) is 6.15. The molecule has 198 valence electrons. The Morgan fingerprint density at radius 3 is 1.79 bits per heavy atom. The first-order valence-corrected chi connectivity index (χ1v) is 14.2. The van der Waals surface area contributed by atoms with Crippen LogP contribution in [0.4, 0.5) is 0 Å². The molecule has 2 atom stereocenters. The van der Waals surface area contributed by atoms with E-state index in [9.17, 15) is 15.0 Å². The van der Waals surface area contributed by atoms with E-state index in [1.165, 1.54) is 77.0 Å². The second-order valence-corrected chi connectivity index (χ2v) is 9.49. The van der Waals surface area contributed by atoms with E-state index in [0.29, 0.717) is 6.42 Å². The molecule has 4 nitrogen and oxygen atoms in total. The van der Waals surface area contributed by atoms with Crippen molar-refractivity contribution in [2.24, 2.45) is 0 Å². The van der Waals surface area contributed by atoms with Crippen LogP contribution in [0.3, 0.4) is 0 Å². The van der Waals surface area contributed by atoms with Gasteiger partial charge in [0, 0.05) is 6.42 Å². The molecule has 0 fully saturated rings. The number of hydrogen-bond acceptors (Lipinski definition) is 3. The van der Waals surface area contributed by atoms with Crippen LogP contribution in [0.25, 0.3) is 0 Å². The third kappa shape index (κ3) is 22.4. The van der Waals surface area contributed by atoms with E-state index in [-0.39, 0.29) is 12.5 Å². The van der Waals surface area contributed by atoms with Crippen molar-refractivity contribution in [3.8, 4) is 0 Å². The van der Waals surface area contributed by atoms with Gasteiger partial charge < -0.3 is 15.5 Å². The number of unbranched alkanes of at least 4 members (excludes halogenated alkanes) is 14. The Morgan fingerprint density at radius 2 is 1.21 bits per heavy atom. The lowest BCUT2D eigenvalue weighted by Crippen LogP contribution is -2.45. The van der Waals surface area contributed by atoms with Gasteiger partial charge in [-0.15, -0.1) is 0 Å². The maximum atomic E-state index is 12.2. The fraction of sp³-hybridized carbons (Fsp3) is 0.767. The molecular weight excluding hydrogens is 422 g/mol. The number of carbonyl (C=O) groups excluding carboxylic acids is 1. The van der Waals surface area contributed by atoms with Gasteiger partial charge in [0.25, 0.3) is 0 Å². The molecule has 0 aliphatic carbocycles. The Labute approximate surface area is 211 Å². The van der Waals surface area contributed by atoms with Crippen LogP contribution in [0.2, 0.25) is 0 Å². The maximum absolute atomic E-state index is 12.2. The number of aliphatic hydroxyl groups excluding tert-OH is 2. The van der Waals surface area contributed by atoms with Crippen molar-refractivity contribution in [1.82, 2.24) is 5.32 Å². The highest BCUT2D eigenvalue weighted by Gasteiger charge is 2.17. The van der Waals surface area contributed by atoms with Gasteiger partial charge in [0.1, 0.15) is 0 Å². The van der Waals surface area contributed by atoms with Gasteiger partial charge in [-0.25, -0.2) is 0 Å². The summed E-state index contributed by atoms with van der Waals surface area (Å²) in [5, 5.41) is 22.5. The topological polar surface area (TPSA) is 69.6 Å². The molecule has 1 amide bonds. The second kappa shape index (κ2) is 26.2. The molecule has 0 bridgehead atoms. The molecule has 0 rings (SSSR count). The molecule has 0 aromatic heterocycles. The van der Waals surface area contributed by atoms with Crippen molar-refractivity contribution >= 4 is 5.91 Å². The lowest BCUT2D eigenvalue weighted by molar-refractivity contribution is -0.123. The predicted molar refractivity (Wildman–Crippen MR) is 147 cm³/mol. The number of amides is 1. The van der Waals surface area contributed by atoms with E-state index >= 15 is 0 Å². The quantitative estimate of drug-likeness (QED) is 0.0763. The fourth-order valence-corrected chi connectivity index (χ4v) is 3.87. The average Bonchev–Trinajstić information content (AvgIpc) is 2.84. The summed E-state index contributed by atoms with van der Waals surface area (Å²) in [7, 11) is 0. The number of hydrogen-bond donors (Lipinski definition) is 3. The van der Waals surface area contributed by atoms with Crippen LogP contribution in [0.5, 0.6) is 0 Å². The second-order valence-electron chi connectivity index (χ2n) is 9.49. The Bertz CT molecular complexity index is 527. The number of aliphatic hydroxyl groups is 2. The first-order valence-electron chi connectivity index (χ1n) is 14.2. The van der Waals surface area contributed by atoms with Crippen LogP contribution in [-0.2, 0) is 4.79 Å². The highest BCUT2D eigenvalue weighted by atomic mass is 16.3. The highest BCUT2D eigenvalue weighted by molar-refractivity contribution is 5.76. The van der Waals surface area contributed by atoms with Gasteiger partial charge in [-0.2, -0.15) is 0 Å². The van der Waals surface area contributed by atoms with E-state index in [1.54, 1.807) is 12.2 Å². The Balaban J connectivity index is 3.79. The molecule has 0 radical (unpaired) electrons. The molecular formula is C30H55NO3. The molecule has 0 aromatic carbocycles. The van der Waals surface area contributed by atoms with Crippen molar-refractivity contribution in [2.75, 3.05) is 6.61 Å². The van der Waals surface area contributed by atoms with E-state index in [2.05, 4.69) is 37.4 Å². The molecule has 4 heteroatoms. The molecule has 0 unspecified atom stereocenters. The average molecular weight is 478 g/mol. The van der Waals surface area contributed by atoms with Gasteiger partial charge in [-0.3, -0.25) is 4.79 Å². The SMILES string of the molecule is CCCCCC/C=C/CCCCCCCC(=O)N[C@@H](CO)[C@H](O)/C=C/C=C/CCCCCCC. The van der Waals surface area contributed by atoms with Crippen LogP contribution >= 0.6 is 0 Å². The zero-order chi connectivity index (χ0) is 25.1. The predicted octanol–water partition coefficient (Wildman–Crippen LogP) is 7.55. The lowest BCUT2D eigenvalue weighted by atomic mass is 10.1. The normalized spacial score (nSPS) is 13.9. The molecule has 0 spiro atoms. The molecule has 34 heavy (non-hydrogen) atoms. The minimum atomic E-state index is -0.886. The molecule has 0 aliphatic heterocycles. The summed E-state index contributed by atoms with van der Waals surface area (Å²) in [6.45, 7) is 4.19. The summed E-state index contributed by atoms with van der Waals surface area (Å²) in [6.07, 6.45) is 32.2. The summed E-state index contributed by atoms with van der Waals surface area (Å²) >= 11 is 0. The number of rotatable bonds is 24. The van der Waals surface area contributed by atoms with Gasteiger partial charge in [-0.05, 0) is 44.9 Å². The fourth-order valence-electron chi connectivity index (χ4n) is 3.87. The van der Waals surface area contributed by atoms with Crippen LogP contribution < -0.4 is 5.32 Å². The van der Waals surface area contributed by atoms with Gasteiger partial charge in [0.05, 0.1) is 18.8 Å². The van der Waals surface area contributed by atoms with E-state index in [4.69, 9.17) is 0 Å². The Hall–Kier alpha value is -1.39. The van der Waals surface area contributed by atoms with Crippen molar-refractivity contribution in [3.05, 3.63) is 36.5 Å². The lowest BCUT2D eigenvalue weighted by Gasteiger charge is -2.19. The third-order valence-electron chi connectivity index (χ3n) is 6.15. The zero-order valence-electron chi connectivity index (χ0n) is 22.4. The van der Waals surface area contributed by atoms with Gasteiger partial charge in [-0.1, -0.05) is 115 Å². The van der Waals surface area contributed by atoms with E-state index in [1.807, 2.05) is 6.08 Å². The number of nitrogens with one attached hydrogen (secondary N) is 1. The first kappa shape index (κ1) is 32.6. The van der Waals surface area contributed by atoms with E-state index < -0.39 is 12.1 Å². The summed E-state index contributed by atoms with van der Waals surface area (Å²) in [4.78, 5) is 12.2. The molecule has 0 saturated carbocycles. The van der Waals surface area contributed by atoms with Crippen molar-refractivity contribution in [1.29, 1.82) is 0 Å². The minimum absolute atomic E-state index is 0.0971. The summed E-state index contributed by atoms with van der Waals surface area (Å²) in [6, 6.07) is -0.653. The van der Waals surface area contributed by atoms with Gasteiger partial charge >= 0.3 is 0 Å².